The fraction of sp³-hybridized carbons (Fsp3) is 0.677. The van der Waals surface area contributed by atoms with Gasteiger partial charge < -0.3 is 4.74 Å². The molecule has 3 nitrogen and oxygen atoms in total. The van der Waals surface area contributed by atoms with Crippen LogP contribution in [-0.4, -0.2) is 16.6 Å². The van der Waals surface area contributed by atoms with Crippen LogP contribution in [0.4, 0.5) is 0 Å². The summed E-state index contributed by atoms with van der Waals surface area (Å²) < 4.78 is 6.00. The molecule has 1 aliphatic carbocycles. The van der Waals surface area contributed by atoms with Crippen LogP contribution in [0.15, 0.2) is 36.7 Å². The molecular weight excluding hydrogens is 416 g/mol. The maximum absolute atomic E-state index is 6.00. The van der Waals surface area contributed by atoms with Gasteiger partial charge in [0.05, 0.1) is 6.61 Å². The molecule has 0 bridgehead atoms. The molecule has 2 aromatic rings. The Balaban J connectivity index is 1.30. The first-order valence-electron chi connectivity index (χ1n) is 14.3. The van der Waals surface area contributed by atoms with E-state index in [0.29, 0.717) is 0 Å². The number of aryl methyl sites for hydroxylation is 1. The molecule has 1 aliphatic rings. The highest BCUT2D eigenvalue weighted by molar-refractivity contribution is 5.55. The van der Waals surface area contributed by atoms with Gasteiger partial charge in [-0.3, -0.25) is 0 Å². The summed E-state index contributed by atoms with van der Waals surface area (Å²) >= 11 is 0. The molecule has 0 unspecified atom stereocenters. The average Bonchev–Trinajstić information content (AvgIpc) is 2.89. The third-order valence-corrected chi connectivity index (χ3v) is 7.71. The summed E-state index contributed by atoms with van der Waals surface area (Å²) in [5, 5.41) is 0. The number of unbranched alkanes of at least 4 members (excludes halogenated alkanes) is 7. The molecule has 0 radical (unpaired) electrons. The molecule has 0 saturated heterocycles. The lowest BCUT2D eigenvalue weighted by Gasteiger charge is -2.27. The molecule has 0 atom stereocenters. The molecule has 0 N–H and O–H groups in total. The van der Waals surface area contributed by atoms with Gasteiger partial charge in [-0.2, -0.15) is 0 Å². The smallest absolute Gasteiger partial charge is 0.159 e. The van der Waals surface area contributed by atoms with Crippen molar-refractivity contribution in [3.05, 3.63) is 42.2 Å². The lowest BCUT2D eigenvalue weighted by atomic mass is 9.79. The van der Waals surface area contributed by atoms with Gasteiger partial charge in [0, 0.05) is 18.0 Å². The maximum Gasteiger partial charge on any atom is 0.159 e. The van der Waals surface area contributed by atoms with Gasteiger partial charge in [0.1, 0.15) is 5.75 Å². The Hall–Kier alpha value is -1.90. The number of benzene rings is 1. The van der Waals surface area contributed by atoms with E-state index < -0.39 is 0 Å². The molecule has 0 aliphatic heterocycles. The van der Waals surface area contributed by atoms with Crippen LogP contribution in [0.2, 0.25) is 0 Å². The quantitative estimate of drug-likeness (QED) is 0.232. The monoisotopic (exact) mass is 464 g/mol. The second-order valence-corrected chi connectivity index (χ2v) is 10.4. The predicted octanol–water partition coefficient (Wildman–Crippen LogP) is 9.20. The minimum atomic E-state index is 0.800. The van der Waals surface area contributed by atoms with Gasteiger partial charge in [-0.1, -0.05) is 90.9 Å². The zero-order valence-corrected chi connectivity index (χ0v) is 21.9. The summed E-state index contributed by atoms with van der Waals surface area (Å²) in [4.78, 5) is 9.23. The fourth-order valence-electron chi connectivity index (χ4n) is 5.29. The molecule has 188 valence electrons. The van der Waals surface area contributed by atoms with Crippen molar-refractivity contribution in [2.75, 3.05) is 6.61 Å². The minimum absolute atomic E-state index is 0.800. The summed E-state index contributed by atoms with van der Waals surface area (Å²) in [6.07, 6.45) is 25.5. The van der Waals surface area contributed by atoms with Crippen molar-refractivity contribution in [1.82, 2.24) is 9.97 Å². The van der Waals surface area contributed by atoms with E-state index >= 15 is 0 Å². The zero-order chi connectivity index (χ0) is 23.8. The van der Waals surface area contributed by atoms with E-state index in [1.807, 2.05) is 12.4 Å². The molecular formula is C31H48N2O. The van der Waals surface area contributed by atoms with Crippen LogP contribution < -0.4 is 4.74 Å². The molecule has 1 aromatic heterocycles. The first kappa shape index (κ1) is 26.7. The van der Waals surface area contributed by atoms with E-state index in [1.54, 1.807) is 0 Å². The Morgan fingerprint density at radius 3 is 2.00 bits per heavy atom. The van der Waals surface area contributed by atoms with Crippen molar-refractivity contribution < 1.29 is 4.74 Å². The van der Waals surface area contributed by atoms with Crippen LogP contribution in [0, 0.1) is 11.8 Å². The molecule has 3 heteroatoms. The Labute approximate surface area is 209 Å². The van der Waals surface area contributed by atoms with E-state index in [2.05, 4.69) is 48.1 Å². The van der Waals surface area contributed by atoms with Crippen molar-refractivity contribution >= 4 is 0 Å². The minimum Gasteiger partial charge on any atom is -0.494 e. The third-order valence-electron chi connectivity index (χ3n) is 7.71. The second kappa shape index (κ2) is 15.9. The molecule has 34 heavy (non-hydrogen) atoms. The number of nitrogens with zero attached hydrogens (tertiary/aromatic N) is 2. The normalized spacial score (nSPS) is 18.2. The second-order valence-electron chi connectivity index (χ2n) is 10.4. The summed E-state index contributed by atoms with van der Waals surface area (Å²) in [6.45, 7) is 5.43. The molecule has 1 heterocycles. The standard InChI is InChI=1S/C31H48N2O/c1-3-5-6-7-8-9-10-11-13-28-24-32-31(33-25-28)29-19-21-30(22-20-29)34-23-12-14-27-17-15-26(4-2)16-18-27/h19-22,24-27H,3-18,23H2,1-2H3/t26-,27-. The van der Waals surface area contributed by atoms with Gasteiger partial charge in [-0.15, -0.1) is 0 Å². The van der Waals surface area contributed by atoms with Gasteiger partial charge in [0.2, 0.25) is 0 Å². The largest absolute Gasteiger partial charge is 0.494 e. The fourth-order valence-corrected chi connectivity index (χ4v) is 5.29. The third kappa shape index (κ3) is 9.76. The van der Waals surface area contributed by atoms with E-state index in [-0.39, 0.29) is 0 Å². The topological polar surface area (TPSA) is 35.0 Å². The van der Waals surface area contributed by atoms with E-state index in [1.165, 1.54) is 95.5 Å². The summed E-state index contributed by atoms with van der Waals surface area (Å²) in [5.41, 5.74) is 2.30. The average molecular weight is 465 g/mol. The molecule has 1 saturated carbocycles. The highest BCUT2D eigenvalue weighted by Crippen LogP contribution is 2.33. The van der Waals surface area contributed by atoms with E-state index in [4.69, 9.17) is 4.74 Å². The number of rotatable bonds is 16. The van der Waals surface area contributed by atoms with Crippen molar-refractivity contribution in [2.45, 2.75) is 117 Å². The Bertz CT molecular complexity index is 763. The van der Waals surface area contributed by atoms with Gasteiger partial charge in [-0.05, 0) is 67.3 Å². The molecule has 3 rings (SSSR count). The summed E-state index contributed by atoms with van der Waals surface area (Å²) in [7, 11) is 0. The molecule has 1 aromatic carbocycles. The van der Waals surface area contributed by atoms with Gasteiger partial charge in [-0.25, -0.2) is 9.97 Å². The number of aromatic nitrogens is 2. The number of ether oxygens (including phenoxy) is 1. The van der Waals surface area contributed by atoms with Gasteiger partial charge >= 0.3 is 0 Å². The Kier molecular flexibility index (Phi) is 12.5. The Morgan fingerprint density at radius 1 is 0.735 bits per heavy atom. The summed E-state index contributed by atoms with van der Waals surface area (Å²) in [6, 6.07) is 8.27. The molecule has 0 amide bonds. The van der Waals surface area contributed by atoms with Gasteiger partial charge in [0.25, 0.3) is 0 Å². The van der Waals surface area contributed by atoms with Crippen molar-refractivity contribution in [1.29, 1.82) is 0 Å². The van der Waals surface area contributed by atoms with Gasteiger partial charge in [0.15, 0.2) is 5.82 Å². The summed E-state index contributed by atoms with van der Waals surface area (Å²) in [5.74, 6) is 3.66. The van der Waals surface area contributed by atoms with Crippen molar-refractivity contribution in [3.63, 3.8) is 0 Å². The first-order valence-corrected chi connectivity index (χ1v) is 14.3. The maximum atomic E-state index is 6.00. The highest BCUT2D eigenvalue weighted by Gasteiger charge is 2.19. The number of hydrogen-bond acceptors (Lipinski definition) is 3. The van der Waals surface area contributed by atoms with E-state index in [0.717, 1.165) is 48.4 Å². The van der Waals surface area contributed by atoms with Crippen LogP contribution in [0.5, 0.6) is 5.75 Å². The first-order chi connectivity index (χ1) is 16.8. The van der Waals surface area contributed by atoms with E-state index in [9.17, 15) is 0 Å². The SMILES string of the molecule is CCCCCCCCCCc1cnc(-c2ccc(OCCC[C@H]3CC[C@H](CC)CC3)cc2)nc1. The van der Waals surface area contributed by atoms with Crippen LogP contribution in [0.25, 0.3) is 11.4 Å². The zero-order valence-electron chi connectivity index (χ0n) is 21.9. The van der Waals surface area contributed by atoms with Crippen molar-refractivity contribution in [2.24, 2.45) is 11.8 Å². The van der Waals surface area contributed by atoms with Crippen molar-refractivity contribution in [3.8, 4) is 17.1 Å². The lowest BCUT2D eigenvalue weighted by Crippen LogP contribution is -2.14. The molecule has 1 fully saturated rings. The van der Waals surface area contributed by atoms with Crippen LogP contribution >= 0.6 is 0 Å². The van der Waals surface area contributed by atoms with Crippen LogP contribution in [0.1, 0.15) is 116 Å². The molecule has 0 spiro atoms. The lowest BCUT2D eigenvalue weighted by molar-refractivity contribution is 0.234. The predicted molar refractivity (Wildman–Crippen MR) is 144 cm³/mol. The number of hydrogen-bond donors (Lipinski definition) is 0. The van der Waals surface area contributed by atoms with Crippen LogP contribution in [0.3, 0.4) is 0 Å². The van der Waals surface area contributed by atoms with Crippen LogP contribution in [-0.2, 0) is 6.42 Å². The Morgan fingerprint density at radius 2 is 1.35 bits per heavy atom. The highest BCUT2D eigenvalue weighted by atomic mass is 16.5.